The number of ketones is 1. The third kappa shape index (κ3) is 4.02. The number of rotatable bonds is 7. The summed E-state index contributed by atoms with van der Waals surface area (Å²) in [6, 6.07) is 0. The van der Waals surface area contributed by atoms with Crippen LogP contribution in [0, 0.1) is 52.3 Å². The molecule has 0 aromatic heterocycles. The van der Waals surface area contributed by atoms with E-state index < -0.39 is 0 Å². The molecule has 0 radical (unpaired) electrons. The smallest absolute Gasteiger partial charge is 0.159 e. The van der Waals surface area contributed by atoms with Crippen molar-refractivity contribution >= 4 is 5.78 Å². The summed E-state index contributed by atoms with van der Waals surface area (Å²) in [4.78, 5) is 12.7. The van der Waals surface area contributed by atoms with E-state index >= 15 is 0 Å². The summed E-state index contributed by atoms with van der Waals surface area (Å²) in [6.07, 6.45) is 18.4. The number of hydrogen-bond acceptors (Lipinski definition) is 1. The summed E-state index contributed by atoms with van der Waals surface area (Å²) in [5, 5.41) is 0. The van der Waals surface area contributed by atoms with Crippen LogP contribution in [0.1, 0.15) is 105 Å². The van der Waals surface area contributed by atoms with Crippen molar-refractivity contribution in [3.05, 3.63) is 24.3 Å². The minimum absolute atomic E-state index is 0.176. The Morgan fingerprint density at radius 2 is 1.87 bits per heavy atom. The molecule has 4 rings (SSSR count). The molecule has 174 valence electrons. The lowest BCUT2D eigenvalue weighted by Crippen LogP contribution is -2.51. The summed E-state index contributed by atoms with van der Waals surface area (Å²) >= 11 is 0. The lowest BCUT2D eigenvalue weighted by molar-refractivity contribution is -0.122. The minimum atomic E-state index is 0.176. The first-order valence-electron chi connectivity index (χ1n) is 13.6. The Kier molecular flexibility index (Phi) is 6.64. The first-order chi connectivity index (χ1) is 14.7. The van der Waals surface area contributed by atoms with Gasteiger partial charge in [-0.2, -0.15) is 0 Å². The number of carbonyl (C=O) groups is 1. The van der Waals surface area contributed by atoms with Crippen LogP contribution in [0.25, 0.3) is 0 Å². The maximum Gasteiger partial charge on any atom is 0.159 e. The zero-order chi connectivity index (χ0) is 22.4. The first kappa shape index (κ1) is 23.3. The van der Waals surface area contributed by atoms with Gasteiger partial charge in [-0.25, -0.2) is 0 Å². The average Bonchev–Trinajstić information content (AvgIpc) is 3.06. The molecular formula is C30H48O. The SMILES string of the molecule is C=CC[C@@H]1C[C@@]2(C)C(=CC1=O)CC[C@H]1[C@@H]3CC[C@H]([C@H](C)CCCC(C)C)[C@@]3(C)CC[C@@H]12. The van der Waals surface area contributed by atoms with Crippen LogP contribution in [0.5, 0.6) is 0 Å². The summed E-state index contributed by atoms with van der Waals surface area (Å²) in [6.45, 7) is 16.4. The molecule has 1 heteroatoms. The molecule has 3 saturated carbocycles. The van der Waals surface area contributed by atoms with Crippen molar-refractivity contribution in [3.8, 4) is 0 Å². The largest absolute Gasteiger partial charge is 0.295 e. The second-order valence-corrected chi connectivity index (χ2v) is 12.9. The molecule has 0 saturated heterocycles. The molecule has 0 amide bonds. The van der Waals surface area contributed by atoms with E-state index in [1.165, 1.54) is 63.4 Å². The van der Waals surface area contributed by atoms with Gasteiger partial charge < -0.3 is 0 Å². The molecule has 4 aliphatic carbocycles. The Bertz CT molecular complexity index is 716. The second-order valence-electron chi connectivity index (χ2n) is 12.9. The highest BCUT2D eigenvalue weighted by molar-refractivity contribution is 5.93. The first-order valence-corrected chi connectivity index (χ1v) is 13.6. The molecule has 0 aliphatic heterocycles. The molecule has 0 heterocycles. The lowest BCUT2D eigenvalue weighted by atomic mass is 9.45. The van der Waals surface area contributed by atoms with Gasteiger partial charge in [0.2, 0.25) is 0 Å². The lowest BCUT2D eigenvalue weighted by Gasteiger charge is -2.59. The van der Waals surface area contributed by atoms with Gasteiger partial charge in [0, 0.05) is 5.92 Å². The highest BCUT2D eigenvalue weighted by Crippen LogP contribution is 2.68. The zero-order valence-corrected chi connectivity index (χ0v) is 21.1. The molecule has 0 bridgehead atoms. The van der Waals surface area contributed by atoms with Crippen LogP contribution < -0.4 is 0 Å². The van der Waals surface area contributed by atoms with Crippen molar-refractivity contribution in [1.29, 1.82) is 0 Å². The topological polar surface area (TPSA) is 17.1 Å². The molecule has 8 atom stereocenters. The van der Waals surface area contributed by atoms with Crippen LogP contribution in [0.2, 0.25) is 0 Å². The molecule has 3 fully saturated rings. The van der Waals surface area contributed by atoms with Crippen LogP contribution in [0.4, 0.5) is 0 Å². The molecular weight excluding hydrogens is 376 g/mol. The third-order valence-corrected chi connectivity index (χ3v) is 10.8. The Morgan fingerprint density at radius 1 is 1.10 bits per heavy atom. The van der Waals surface area contributed by atoms with Crippen molar-refractivity contribution in [2.75, 3.05) is 0 Å². The van der Waals surface area contributed by atoms with E-state index in [1.54, 1.807) is 0 Å². The maximum absolute atomic E-state index is 12.7. The van der Waals surface area contributed by atoms with Gasteiger partial charge in [0.1, 0.15) is 0 Å². The molecule has 1 nitrogen and oxygen atoms in total. The van der Waals surface area contributed by atoms with E-state index in [9.17, 15) is 4.79 Å². The Balaban J connectivity index is 1.51. The van der Waals surface area contributed by atoms with Crippen LogP contribution in [-0.4, -0.2) is 5.78 Å². The van der Waals surface area contributed by atoms with Gasteiger partial charge in [-0.1, -0.05) is 65.5 Å². The van der Waals surface area contributed by atoms with E-state index in [4.69, 9.17) is 0 Å². The van der Waals surface area contributed by atoms with Crippen LogP contribution in [-0.2, 0) is 4.79 Å². The zero-order valence-electron chi connectivity index (χ0n) is 21.1. The molecule has 0 aromatic rings. The molecule has 0 N–H and O–H groups in total. The number of allylic oxidation sites excluding steroid dienone is 2. The van der Waals surface area contributed by atoms with Crippen molar-refractivity contribution < 1.29 is 4.79 Å². The third-order valence-electron chi connectivity index (χ3n) is 10.8. The predicted octanol–water partition coefficient (Wildman–Crippen LogP) is 8.40. The van der Waals surface area contributed by atoms with E-state index in [0.29, 0.717) is 11.2 Å². The van der Waals surface area contributed by atoms with Gasteiger partial charge in [-0.05, 0) is 104 Å². The van der Waals surface area contributed by atoms with Gasteiger partial charge in [0.15, 0.2) is 5.78 Å². The van der Waals surface area contributed by atoms with E-state index in [2.05, 4.69) is 47.3 Å². The van der Waals surface area contributed by atoms with Crippen molar-refractivity contribution in [1.82, 2.24) is 0 Å². The fraction of sp³-hybridized carbons (Fsp3) is 0.833. The maximum atomic E-state index is 12.7. The Hall–Kier alpha value is -0.850. The second kappa shape index (κ2) is 8.83. The van der Waals surface area contributed by atoms with Gasteiger partial charge in [0.05, 0.1) is 0 Å². The van der Waals surface area contributed by atoms with E-state index in [1.807, 2.05) is 6.08 Å². The van der Waals surface area contributed by atoms with Crippen molar-refractivity contribution in [3.63, 3.8) is 0 Å². The van der Waals surface area contributed by atoms with Crippen LogP contribution in [0.15, 0.2) is 24.3 Å². The summed E-state index contributed by atoms with van der Waals surface area (Å²) in [7, 11) is 0. The highest BCUT2D eigenvalue weighted by atomic mass is 16.1. The van der Waals surface area contributed by atoms with Gasteiger partial charge in [-0.3, -0.25) is 4.79 Å². The van der Waals surface area contributed by atoms with Gasteiger partial charge in [-0.15, -0.1) is 6.58 Å². The summed E-state index contributed by atoms with van der Waals surface area (Å²) in [5.41, 5.74) is 2.31. The summed E-state index contributed by atoms with van der Waals surface area (Å²) in [5.74, 6) is 5.79. The van der Waals surface area contributed by atoms with Crippen LogP contribution >= 0.6 is 0 Å². The molecule has 0 spiro atoms. The molecule has 0 unspecified atom stereocenters. The molecule has 4 aliphatic rings. The highest BCUT2D eigenvalue weighted by Gasteiger charge is 2.59. The van der Waals surface area contributed by atoms with Gasteiger partial charge >= 0.3 is 0 Å². The quantitative estimate of drug-likeness (QED) is 0.375. The Morgan fingerprint density at radius 3 is 2.58 bits per heavy atom. The Labute approximate surface area is 192 Å². The van der Waals surface area contributed by atoms with Crippen LogP contribution in [0.3, 0.4) is 0 Å². The normalized spacial score (nSPS) is 43.1. The van der Waals surface area contributed by atoms with E-state index in [-0.39, 0.29) is 11.3 Å². The van der Waals surface area contributed by atoms with Crippen molar-refractivity contribution in [2.24, 2.45) is 52.3 Å². The van der Waals surface area contributed by atoms with E-state index in [0.717, 1.165) is 48.3 Å². The molecule has 0 aromatic carbocycles. The monoisotopic (exact) mass is 424 g/mol. The standard InChI is InChI=1S/C30H48O/c1-7-9-22-19-30(6)23(18-28(22)31)12-13-24-26-15-14-25(21(4)11-8-10-20(2)3)29(26,5)17-16-27(24)30/h7,18,20-22,24-27H,1,8-17,19H2,2-6H3/t21-,22-,24+,25-,26+,27+,29-,30+/m1/s1. The fourth-order valence-corrected chi connectivity index (χ4v) is 9.17. The summed E-state index contributed by atoms with van der Waals surface area (Å²) < 4.78 is 0. The molecule has 31 heavy (non-hydrogen) atoms. The van der Waals surface area contributed by atoms with Gasteiger partial charge in [0.25, 0.3) is 0 Å². The minimum Gasteiger partial charge on any atom is -0.295 e. The fourth-order valence-electron chi connectivity index (χ4n) is 9.17. The number of hydrogen-bond donors (Lipinski definition) is 0. The predicted molar refractivity (Wildman–Crippen MR) is 132 cm³/mol. The number of fused-ring (bicyclic) bond motifs is 5. The van der Waals surface area contributed by atoms with Crippen molar-refractivity contribution in [2.45, 2.75) is 105 Å². The number of carbonyl (C=O) groups excluding carboxylic acids is 1. The average molecular weight is 425 g/mol.